The molecule has 3 rings (SSSR count). The van der Waals surface area contributed by atoms with Gasteiger partial charge in [0.1, 0.15) is 5.52 Å². The van der Waals surface area contributed by atoms with Crippen LogP contribution in [0.4, 0.5) is 5.69 Å². The fraction of sp³-hybridized carbons (Fsp3) is 0.263. The van der Waals surface area contributed by atoms with E-state index in [2.05, 4.69) is 17.2 Å². The molecule has 0 unspecified atom stereocenters. The summed E-state index contributed by atoms with van der Waals surface area (Å²) < 4.78 is 5.46. The molecule has 0 atom stereocenters. The minimum Gasteiger partial charge on any atom is -0.441 e. The molecule has 0 saturated heterocycles. The number of aryl methyl sites for hydroxylation is 3. The Labute approximate surface area is 135 Å². The van der Waals surface area contributed by atoms with Gasteiger partial charge in [-0.15, -0.1) is 0 Å². The lowest BCUT2D eigenvalue weighted by Crippen LogP contribution is -2.13. The number of nitrogens with one attached hydrogen (secondary N) is 1. The Morgan fingerprint density at radius 1 is 1.22 bits per heavy atom. The predicted octanol–water partition coefficient (Wildman–Crippen LogP) is 4.27. The van der Waals surface area contributed by atoms with Crippen LogP contribution in [0.2, 0.25) is 0 Å². The minimum atomic E-state index is 0.0299. The predicted molar refractivity (Wildman–Crippen MR) is 91.5 cm³/mol. The molecule has 1 aromatic heterocycles. The first-order valence-corrected chi connectivity index (χ1v) is 7.89. The average molecular weight is 308 g/mol. The Morgan fingerprint density at radius 3 is 2.87 bits per heavy atom. The number of para-hydroxylation sites is 1. The number of carbonyl (C=O) groups is 1. The fourth-order valence-corrected chi connectivity index (χ4v) is 2.66. The highest BCUT2D eigenvalue weighted by Gasteiger charge is 2.08. The van der Waals surface area contributed by atoms with Gasteiger partial charge in [-0.25, -0.2) is 4.98 Å². The van der Waals surface area contributed by atoms with Gasteiger partial charge >= 0.3 is 0 Å². The second-order valence-corrected chi connectivity index (χ2v) is 5.59. The van der Waals surface area contributed by atoms with E-state index in [1.54, 1.807) is 0 Å². The molecule has 0 aliphatic carbocycles. The molecule has 4 nitrogen and oxygen atoms in total. The van der Waals surface area contributed by atoms with E-state index in [1.165, 1.54) is 0 Å². The topological polar surface area (TPSA) is 55.1 Å². The number of carbonyl (C=O) groups excluding carboxylic acids is 1. The van der Waals surface area contributed by atoms with Crippen LogP contribution in [-0.4, -0.2) is 10.9 Å². The second kappa shape index (κ2) is 6.65. The lowest BCUT2D eigenvalue weighted by molar-refractivity contribution is -0.116. The van der Waals surface area contributed by atoms with Crippen molar-refractivity contribution in [2.24, 2.45) is 0 Å². The van der Waals surface area contributed by atoms with E-state index >= 15 is 0 Å². The fourth-order valence-electron chi connectivity index (χ4n) is 2.66. The van der Waals surface area contributed by atoms with Gasteiger partial charge in [-0.05, 0) is 42.2 Å². The summed E-state index contributed by atoms with van der Waals surface area (Å²) in [4.78, 5) is 16.5. The van der Waals surface area contributed by atoms with Crippen LogP contribution in [0, 0.1) is 6.92 Å². The minimum absolute atomic E-state index is 0.0299. The van der Waals surface area contributed by atoms with Gasteiger partial charge < -0.3 is 9.73 Å². The highest BCUT2D eigenvalue weighted by Crippen LogP contribution is 2.19. The van der Waals surface area contributed by atoms with Crippen molar-refractivity contribution in [3.8, 4) is 0 Å². The van der Waals surface area contributed by atoms with E-state index < -0.39 is 0 Å². The summed E-state index contributed by atoms with van der Waals surface area (Å²) in [5.74, 6) is 0.688. The third-order valence-electron chi connectivity index (χ3n) is 3.87. The Kier molecular flexibility index (Phi) is 4.42. The lowest BCUT2D eigenvalue weighted by Gasteiger charge is -2.09. The van der Waals surface area contributed by atoms with Crippen molar-refractivity contribution in [2.45, 2.75) is 33.1 Å². The van der Waals surface area contributed by atoms with Crippen molar-refractivity contribution in [3.05, 3.63) is 59.5 Å². The zero-order valence-corrected chi connectivity index (χ0v) is 13.4. The van der Waals surface area contributed by atoms with Gasteiger partial charge in [0.2, 0.25) is 5.91 Å². The number of oxazole rings is 1. The Hall–Kier alpha value is -2.62. The summed E-state index contributed by atoms with van der Waals surface area (Å²) in [6.07, 6.45) is 2.03. The van der Waals surface area contributed by atoms with Gasteiger partial charge in [0.15, 0.2) is 11.5 Å². The Bertz CT molecular complexity index is 836. The summed E-state index contributed by atoms with van der Waals surface area (Å²) in [6.45, 7) is 3.92. The molecule has 0 aliphatic heterocycles. The summed E-state index contributed by atoms with van der Waals surface area (Å²) in [5.41, 5.74) is 4.77. The van der Waals surface area contributed by atoms with Gasteiger partial charge in [-0.3, -0.25) is 4.79 Å². The third kappa shape index (κ3) is 3.59. The zero-order chi connectivity index (χ0) is 16.2. The van der Waals surface area contributed by atoms with Gasteiger partial charge in [-0.2, -0.15) is 0 Å². The molecule has 0 radical (unpaired) electrons. The second-order valence-electron chi connectivity index (χ2n) is 5.59. The number of amides is 1. The molecule has 1 amide bonds. The van der Waals surface area contributed by atoms with E-state index in [1.807, 2.05) is 49.4 Å². The van der Waals surface area contributed by atoms with Crippen LogP contribution in [0.25, 0.3) is 11.1 Å². The molecular formula is C19H20N2O2. The van der Waals surface area contributed by atoms with E-state index in [0.717, 1.165) is 34.3 Å². The number of benzene rings is 2. The molecule has 4 heteroatoms. The van der Waals surface area contributed by atoms with Gasteiger partial charge in [0, 0.05) is 19.0 Å². The molecule has 1 heterocycles. The first-order valence-electron chi connectivity index (χ1n) is 7.89. The number of hydrogen-bond acceptors (Lipinski definition) is 3. The van der Waals surface area contributed by atoms with Crippen molar-refractivity contribution in [2.75, 3.05) is 5.32 Å². The van der Waals surface area contributed by atoms with Gasteiger partial charge in [0.25, 0.3) is 0 Å². The van der Waals surface area contributed by atoms with E-state index in [4.69, 9.17) is 4.42 Å². The van der Waals surface area contributed by atoms with Crippen LogP contribution in [-0.2, 0) is 17.6 Å². The van der Waals surface area contributed by atoms with Crippen molar-refractivity contribution < 1.29 is 9.21 Å². The average Bonchev–Trinajstić information content (AvgIpc) is 2.92. The van der Waals surface area contributed by atoms with Crippen molar-refractivity contribution in [3.63, 3.8) is 0 Å². The number of fused-ring (bicyclic) bond motifs is 1. The zero-order valence-electron chi connectivity index (χ0n) is 13.4. The molecule has 118 valence electrons. The van der Waals surface area contributed by atoms with Crippen molar-refractivity contribution >= 4 is 22.7 Å². The summed E-state index contributed by atoms with van der Waals surface area (Å²) in [6, 6.07) is 13.8. The van der Waals surface area contributed by atoms with E-state index in [9.17, 15) is 4.79 Å². The normalized spacial score (nSPS) is 10.9. The third-order valence-corrected chi connectivity index (χ3v) is 3.87. The van der Waals surface area contributed by atoms with Crippen LogP contribution in [0.3, 0.4) is 0 Å². The molecule has 0 aliphatic rings. The van der Waals surface area contributed by atoms with Gasteiger partial charge in [-0.1, -0.05) is 31.2 Å². The highest BCUT2D eigenvalue weighted by molar-refractivity contribution is 5.91. The summed E-state index contributed by atoms with van der Waals surface area (Å²) in [7, 11) is 0. The number of hydrogen-bond donors (Lipinski definition) is 1. The SMILES string of the molecule is CCc1ccccc1NC(=O)CCc1ccc2oc(C)nc2c1. The first-order chi connectivity index (χ1) is 11.2. The monoisotopic (exact) mass is 308 g/mol. The summed E-state index contributed by atoms with van der Waals surface area (Å²) in [5, 5.41) is 3.00. The van der Waals surface area contributed by atoms with Crippen molar-refractivity contribution in [1.29, 1.82) is 0 Å². The smallest absolute Gasteiger partial charge is 0.224 e. The Morgan fingerprint density at radius 2 is 2.04 bits per heavy atom. The van der Waals surface area contributed by atoms with Crippen LogP contribution in [0.15, 0.2) is 46.9 Å². The molecule has 0 spiro atoms. The molecule has 23 heavy (non-hydrogen) atoms. The number of anilines is 1. The quantitative estimate of drug-likeness (QED) is 0.766. The molecule has 0 saturated carbocycles. The highest BCUT2D eigenvalue weighted by atomic mass is 16.3. The van der Waals surface area contributed by atoms with Crippen LogP contribution >= 0.6 is 0 Å². The van der Waals surface area contributed by atoms with Crippen LogP contribution in [0.1, 0.15) is 30.4 Å². The van der Waals surface area contributed by atoms with Crippen LogP contribution < -0.4 is 5.32 Å². The largest absolute Gasteiger partial charge is 0.441 e. The maximum absolute atomic E-state index is 12.2. The van der Waals surface area contributed by atoms with E-state index in [-0.39, 0.29) is 5.91 Å². The molecule has 1 N–H and O–H groups in total. The number of aromatic nitrogens is 1. The van der Waals surface area contributed by atoms with Gasteiger partial charge in [0.05, 0.1) is 0 Å². The Balaban J connectivity index is 1.63. The first kappa shape index (κ1) is 15.3. The number of rotatable bonds is 5. The van der Waals surface area contributed by atoms with Crippen LogP contribution in [0.5, 0.6) is 0 Å². The summed E-state index contributed by atoms with van der Waals surface area (Å²) >= 11 is 0. The maximum atomic E-state index is 12.2. The van der Waals surface area contributed by atoms with Crippen molar-refractivity contribution in [1.82, 2.24) is 4.98 Å². The molecule has 0 fully saturated rings. The maximum Gasteiger partial charge on any atom is 0.224 e. The number of nitrogens with zero attached hydrogens (tertiary/aromatic N) is 1. The molecule has 2 aromatic carbocycles. The molecule has 0 bridgehead atoms. The molecular weight excluding hydrogens is 288 g/mol. The molecule has 3 aromatic rings. The standard InChI is InChI=1S/C19H20N2O2/c1-3-15-6-4-5-7-16(15)21-19(22)11-9-14-8-10-18-17(12-14)20-13(2)23-18/h4-8,10,12H,3,9,11H2,1-2H3,(H,21,22). The van der Waals surface area contributed by atoms with E-state index in [0.29, 0.717) is 18.7 Å². The lowest BCUT2D eigenvalue weighted by atomic mass is 10.1.